The minimum atomic E-state index is -0.454. The number of carbonyl (C=O) groups is 2. The molecule has 0 aliphatic heterocycles. The molecule has 0 atom stereocenters. The van der Waals surface area contributed by atoms with Gasteiger partial charge in [0.15, 0.2) is 0 Å². The molecule has 1 rings (SSSR count). The van der Waals surface area contributed by atoms with Gasteiger partial charge >= 0.3 is 11.9 Å². The smallest absolute Gasteiger partial charge is 0.333 e. The highest BCUT2D eigenvalue weighted by molar-refractivity contribution is 5.70. The average molecular weight is 496 g/mol. The number of hydrogen-bond acceptors (Lipinski definition) is 6. The second kappa shape index (κ2) is 18.1. The predicted octanol–water partition coefficient (Wildman–Crippen LogP) is 7.22. The van der Waals surface area contributed by atoms with E-state index in [1.807, 2.05) is 20.8 Å². The van der Waals surface area contributed by atoms with Crippen LogP contribution in [0.3, 0.4) is 0 Å². The highest BCUT2D eigenvalue weighted by Gasteiger charge is 2.15. The quantitative estimate of drug-likeness (QED) is 0.146. The van der Waals surface area contributed by atoms with Crippen LogP contribution in [0, 0.1) is 0 Å². The summed E-state index contributed by atoms with van der Waals surface area (Å²) in [6.07, 6.45) is 19.8. The third-order valence-corrected chi connectivity index (χ3v) is 5.92. The number of unbranched alkanes of at least 4 members (excludes halogenated alkanes) is 15. The molecule has 0 aliphatic carbocycles. The number of aromatic hydroxyl groups is 2. The molecule has 0 spiro atoms. The van der Waals surface area contributed by atoms with Gasteiger partial charge in [0.2, 0.25) is 11.8 Å². The zero-order valence-corrected chi connectivity index (χ0v) is 22.4. The van der Waals surface area contributed by atoms with Crippen molar-refractivity contribution in [1.82, 2.24) is 4.73 Å². The Bertz CT molecular complexity index is 687. The summed E-state index contributed by atoms with van der Waals surface area (Å²) in [7, 11) is 0. The van der Waals surface area contributed by atoms with Crippen LogP contribution in [-0.4, -0.2) is 32.5 Å². The molecule has 35 heavy (non-hydrogen) atoms. The van der Waals surface area contributed by atoms with E-state index in [2.05, 4.69) is 0 Å². The lowest BCUT2D eigenvalue weighted by Crippen LogP contribution is -2.23. The fourth-order valence-electron chi connectivity index (χ4n) is 4.05. The van der Waals surface area contributed by atoms with Crippen LogP contribution in [0.15, 0.2) is 12.1 Å². The number of carbonyl (C=O) groups excluding carboxylic acids is 2. The van der Waals surface area contributed by atoms with E-state index in [0.29, 0.717) is 6.42 Å². The van der Waals surface area contributed by atoms with Crippen molar-refractivity contribution in [3.8, 4) is 11.8 Å². The Labute approximate surface area is 212 Å². The summed E-state index contributed by atoms with van der Waals surface area (Å²) in [6, 6.07) is 2.53. The van der Waals surface area contributed by atoms with Gasteiger partial charge < -0.3 is 19.8 Å². The van der Waals surface area contributed by atoms with Crippen LogP contribution in [0.5, 0.6) is 11.8 Å². The zero-order chi connectivity index (χ0) is 25.9. The first-order valence-corrected chi connectivity index (χ1v) is 13.7. The van der Waals surface area contributed by atoms with Gasteiger partial charge in [0.25, 0.3) is 0 Å². The molecule has 0 aromatic carbocycles. The van der Waals surface area contributed by atoms with Crippen molar-refractivity contribution in [3.63, 3.8) is 0 Å². The summed E-state index contributed by atoms with van der Waals surface area (Å²) in [5.41, 5.74) is -0.375. The van der Waals surface area contributed by atoms with Crippen LogP contribution >= 0.6 is 0 Å². The van der Waals surface area contributed by atoms with E-state index < -0.39 is 5.97 Å². The lowest BCUT2D eigenvalue weighted by Gasteiger charge is -2.19. The molecule has 0 amide bonds. The van der Waals surface area contributed by atoms with Crippen molar-refractivity contribution in [2.45, 2.75) is 142 Å². The maximum Gasteiger partial charge on any atom is 0.333 e. The van der Waals surface area contributed by atoms with Gasteiger partial charge in [-0.05, 0) is 33.6 Å². The topological polar surface area (TPSA) is 98.0 Å². The molecule has 2 N–H and O–H groups in total. The fraction of sp³-hybridized carbons (Fsp3) is 0.786. The number of esters is 1. The lowest BCUT2D eigenvalue weighted by molar-refractivity contribution is -0.155. The average Bonchev–Trinajstić information content (AvgIpc) is 3.09. The summed E-state index contributed by atoms with van der Waals surface area (Å²) in [6.45, 7) is 5.73. The Morgan fingerprint density at radius 1 is 0.629 bits per heavy atom. The standard InChI is InChI=1S/C28H49NO6/c1-28(2,3)34-26(32)20-18-16-14-12-10-8-6-4-5-7-9-11-13-15-17-19-21-27(33)35-29-24(30)22-23-25(29)31/h22-23,30-31H,4-21H2,1-3H3. The molecule has 0 unspecified atom stereocenters. The first-order valence-electron chi connectivity index (χ1n) is 13.7. The third-order valence-electron chi connectivity index (χ3n) is 5.92. The van der Waals surface area contributed by atoms with E-state index in [1.165, 1.54) is 82.8 Å². The number of nitrogens with zero attached hydrogens (tertiary/aromatic N) is 1. The van der Waals surface area contributed by atoms with Gasteiger partial charge in [0, 0.05) is 25.0 Å². The van der Waals surface area contributed by atoms with Crippen LogP contribution in [0.1, 0.15) is 136 Å². The Morgan fingerprint density at radius 3 is 1.29 bits per heavy atom. The fourth-order valence-corrected chi connectivity index (χ4v) is 4.05. The summed E-state index contributed by atoms with van der Waals surface area (Å²) in [4.78, 5) is 28.3. The molecule has 7 nitrogen and oxygen atoms in total. The number of ether oxygens (including phenoxy) is 1. The lowest BCUT2D eigenvalue weighted by atomic mass is 10.0. The van der Waals surface area contributed by atoms with Gasteiger partial charge in [-0.2, -0.15) is 0 Å². The molecule has 0 fully saturated rings. The number of hydrogen-bond donors (Lipinski definition) is 2. The van der Waals surface area contributed by atoms with Crippen LogP contribution in [0.2, 0.25) is 0 Å². The molecule has 0 saturated carbocycles. The van der Waals surface area contributed by atoms with Crippen LogP contribution < -0.4 is 4.84 Å². The molecule has 0 bridgehead atoms. The third kappa shape index (κ3) is 17.0. The first-order chi connectivity index (χ1) is 16.7. The van der Waals surface area contributed by atoms with E-state index in [1.54, 1.807) is 0 Å². The van der Waals surface area contributed by atoms with Gasteiger partial charge in [-0.25, -0.2) is 4.79 Å². The largest absolute Gasteiger partial charge is 0.492 e. The number of rotatable bonds is 20. The summed E-state index contributed by atoms with van der Waals surface area (Å²) < 4.78 is 6.06. The van der Waals surface area contributed by atoms with E-state index in [0.717, 1.165) is 36.8 Å². The van der Waals surface area contributed by atoms with Crippen molar-refractivity contribution < 1.29 is 29.4 Å². The second-order valence-corrected chi connectivity index (χ2v) is 10.6. The molecule has 1 aromatic rings. The van der Waals surface area contributed by atoms with Crippen LogP contribution in [-0.2, 0) is 14.3 Å². The highest BCUT2D eigenvalue weighted by Crippen LogP contribution is 2.19. The Morgan fingerprint density at radius 2 is 0.943 bits per heavy atom. The van der Waals surface area contributed by atoms with E-state index in [9.17, 15) is 19.8 Å². The van der Waals surface area contributed by atoms with Crippen molar-refractivity contribution in [2.24, 2.45) is 0 Å². The van der Waals surface area contributed by atoms with Crippen molar-refractivity contribution in [2.75, 3.05) is 0 Å². The van der Waals surface area contributed by atoms with Crippen molar-refractivity contribution in [3.05, 3.63) is 12.1 Å². The van der Waals surface area contributed by atoms with Crippen molar-refractivity contribution >= 4 is 11.9 Å². The predicted molar refractivity (Wildman–Crippen MR) is 138 cm³/mol. The summed E-state index contributed by atoms with van der Waals surface area (Å²) in [5.74, 6) is -1.11. The normalized spacial score (nSPS) is 11.5. The molecule has 0 radical (unpaired) electrons. The van der Waals surface area contributed by atoms with E-state index in [-0.39, 0.29) is 29.8 Å². The summed E-state index contributed by atoms with van der Waals surface area (Å²) >= 11 is 0. The SMILES string of the molecule is CC(C)(C)OC(=O)CCCCCCCCCCCCCCCCCCC(=O)On1c(O)ccc1O. The molecule has 1 heterocycles. The molecule has 7 heteroatoms. The van der Waals surface area contributed by atoms with Crippen LogP contribution in [0.4, 0.5) is 0 Å². The van der Waals surface area contributed by atoms with Gasteiger partial charge in [-0.3, -0.25) is 4.79 Å². The molecule has 202 valence electrons. The molecule has 0 saturated heterocycles. The monoisotopic (exact) mass is 495 g/mol. The van der Waals surface area contributed by atoms with Gasteiger partial charge in [-0.15, -0.1) is 4.73 Å². The highest BCUT2D eigenvalue weighted by atomic mass is 16.7. The zero-order valence-electron chi connectivity index (χ0n) is 22.4. The van der Waals surface area contributed by atoms with Crippen LogP contribution in [0.25, 0.3) is 0 Å². The minimum Gasteiger partial charge on any atom is -0.492 e. The first kappa shape index (κ1) is 30.9. The Hall–Kier alpha value is -2.18. The molecular weight excluding hydrogens is 446 g/mol. The molecule has 1 aromatic heterocycles. The molecule has 0 aliphatic rings. The van der Waals surface area contributed by atoms with Gasteiger partial charge in [0.1, 0.15) is 5.60 Å². The number of aromatic nitrogens is 1. The Balaban J connectivity index is 1.78. The molecular formula is C28H49NO6. The summed E-state index contributed by atoms with van der Waals surface area (Å²) in [5, 5.41) is 18.9. The maximum atomic E-state index is 11.8. The Kier molecular flexibility index (Phi) is 16.0. The minimum absolute atomic E-state index is 0.0754. The van der Waals surface area contributed by atoms with E-state index in [4.69, 9.17) is 9.57 Å². The van der Waals surface area contributed by atoms with Crippen molar-refractivity contribution in [1.29, 1.82) is 0 Å². The maximum absolute atomic E-state index is 11.8. The van der Waals surface area contributed by atoms with E-state index >= 15 is 0 Å². The van der Waals surface area contributed by atoms with Gasteiger partial charge in [-0.1, -0.05) is 89.9 Å². The second-order valence-electron chi connectivity index (χ2n) is 10.6. The van der Waals surface area contributed by atoms with Gasteiger partial charge in [0.05, 0.1) is 0 Å².